The van der Waals surface area contributed by atoms with Gasteiger partial charge in [-0.2, -0.15) is 5.10 Å². The maximum atomic E-state index is 5.35. The Morgan fingerprint density at radius 3 is 2.62 bits per heavy atom. The summed E-state index contributed by atoms with van der Waals surface area (Å²) in [6.45, 7) is 8.02. The van der Waals surface area contributed by atoms with Gasteiger partial charge in [0.15, 0.2) is 0 Å². The Balaban J connectivity index is 2.34. The van der Waals surface area contributed by atoms with E-state index in [0.29, 0.717) is 6.04 Å². The molecule has 1 aromatic heterocycles. The smallest absolute Gasteiger partial charge is 0.0777 e. The lowest BCUT2D eigenvalue weighted by molar-refractivity contribution is 0.184. The third-order valence-electron chi connectivity index (χ3n) is 2.94. The van der Waals surface area contributed by atoms with Gasteiger partial charge >= 0.3 is 0 Å². The van der Waals surface area contributed by atoms with Gasteiger partial charge in [0.25, 0.3) is 0 Å². The predicted molar refractivity (Wildman–Crippen MR) is 50.9 cm³/mol. The second-order valence-corrected chi connectivity index (χ2v) is 3.76. The molecule has 0 bridgehead atoms. The number of ether oxygens (including phenoxy) is 1. The summed E-state index contributed by atoms with van der Waals surface area (Å²) in [5, 5.41) is 4.53. The Bertz CT molecular complexity index is 311. The van der Waals surface area contributed by atoms with Crippen molar-refractivity contribution in [2.45, 2.75) is 33.2 Å². The van der Waals surface area contributed by atoms with Gasteiger partial charge in [-0.15, -0.1) is 0 Å². The van der Waals surface area contributed by atoms with E-state index in [1.165, 1.54) is 11.3 Å². The van der Waals surface area contributed by atoms with Crippen molar-refractivity contribution in [2.24, 2.45) is 0 Å². The zero-order valence-corrected chi connectivity index (χ0v) is 8.50. The van der Waals surface area contributed by atoms with Gasteiger partial charge in [0.1, 0.15) is 0 Å². The summed E-state index contributed by atoms with van der Waals surface area (Å²) in [6, 6.07) is 0.465. The zero-order chi connectivity index (χ0) is 9.42. The summed E-state index contributed by atoms with van der Waals surface area (Å²) in [5.41, 5.74) is 3.74. The normalized spacial score (nSPS) is 22.5. The van der Waals surface area contributed by atoms with Crippen molar-refractivity contribution < 1.29 is 4.74 Å². The van der Waals surface area contributed by atoms with Crippen LogP contribution in [0.5, 0.6) is 0 Å². The first kappa shape index (κ1) is 8.75. The highest BCUT2D eigenvalue weighted by Gasteiger charge is 2.21. The minimum Gasteiger partial charge on any atom is -0.379 e. The van der Waals surface area contributed by atoms with Crippen molar-refractivity contribution in [3.63, 3.8) is 0 Å². The Hall–Kier alpha value is -0.830. The van der Waals surface area contributed by atoms with E-state index in [0.717, 1.165) is 25.3 Å². The van der Waals surface area contributed by atoms with E-state index in [1.54, 1.807) is 0 Å². The van der Waals surface area contributed by atoms with Crippen LogP contribution in [0.4, 0.5) is 0 Å². The van der Waals surface area contributed by atoms with E-state index in [2.05, 4.69) is 30.6 Å². The molecule has 2 heterocycles. The summed E-state index contributed by atoms with van der Waals surface area (Å²) >= 11 is 0. The SMILES string of the molecule is Cc1nn(C2CCOC2)c(C)c1C. The number of hydrogen-bond donors (Lipinski definition) is 0. The van der Waals surface area contributed by atoms with Crippen LogP contribution in [0.15, 0.2) is 0 Å². The third kappa shape index (κ3) is 1.37. The maximum absolute atomic E-state index is 5.35. The third-order valence-corrected chi connectivity index (χ3v) is 2.94. The quantitative estimate of drug-likeness (QED) is 0.658. The molecule has 1 unspecified atom stereocenters. The van der Waals surface area contributed by atoms with E-state index in [-0.39, 0.29) is 0 Å². The molecule has 1 aliphatic rings. The highest BCUT2D eigenvalue weighted by molar-refractivity contribution is 5.22. The molecule has 1 atom stereocenters. The fourth-order valence-corrected chi connectivity index (χ4v) is 1.82. The van der Waals surface area contributed by atoms with Crippen molar-refractivity contribution in [3.8, 4) is 0 Å². The fraction of sp³-hybridized carbons (Fsp3) is 0.700. The molecule has 3 heteroatoms. The molecule has 1 saturated heterocycles. The Morgan fingerprint density at radius 2 is 2.15 bits per heavy atom. The van der Waals surface area contributed by atoms with Gasteiger partial charge in [-0.3, -0.25) is 4.68 Å². The van der Waals surface area contributed by atoms with Crippen LogP contribution in [-0.2, 0) is 4.74 Å². The van der Waals surface area contributed by atoms with Gasteiger partial charge in [0, 0.05) is 12.3 Å². The van der Waals surface area contributed by atoms with Crippen LogP contribution in [0.1, 0.15) is 29.4 Å². The summed E-state index contributed by atoms with van der Waals surface area (Å²) in [6.07, 6.45) is 1.10. The largest absolute Gasteiger partial charge is 0.379 e. The van der Waals surface area contributed by atoms with E-state index in [4.69, 9.17) is 4.74 Å². The van der Waals surface area contributed by atoms with Gasteiger partial charge in [-0.05, 0) is 32.8 Å². The van der Waals surface area contributed by atoms with Crippen LogP contribution >= 0.6 is 0 Å². The average Bonchev–Trinajstić information content (AvgIpc) is 2.70. The number of nitrogens with zero attached hydrogens (tertiary/aromatic N) is 2. The lowest BCUT2D eigenvalue weighted by Crippen LogP contribution is -2.12. The van der Waals surface area contributed by atoms with E-state index >= 15 is 0 Å². The van der Waals surface area contributed by atoms with Crippen LogP contribution in [0, 0.1) is 20.8 Å². The molecule has 0 aromatic carbocycles. The molecule has 0 radical (unpaired) electrons. The van der Waals surface area contributed by atoms with Gasteiger partial charge in [0.05, 0.1) is 18.3 Å². The lowest BCUT2D eigenvalue weighted by atomic mass is 10.2. The van der Waals surface area contributed by atoms with Gasteiger partial charge in [0.2, 0.25) is 0 Å². The average molecular weight is 180 g/mol. The molecule has 0 amide bonds. The number of aryl methyl sites for hydroxylation is 1. The van der Waals surface area contributed by atoms with Crippen molar-refractivity contribution >= 4 is 0 Å². The molecule has 2 rings (SSSR count). The van der Waals surface area contributed by atoms with Gasteiger partial charge < -0.3 is 4.74 Å². The molecule has 1 aromatic rings. The molecule has 1 fully saturated rings. The Morgan fingerprint density at radius 1 is 1.38 bits per heavy atom. The summed E-state index contributed by atoms with van der Waals surface area (Å²) < 4.78 is 7.48. The molecule has 0 aliphatic carbocycles. The number of rotatable bonds is 1. The monoisotopic (exact) mass is 180 g/mol. The van der Waals surface area contributed by atoms with Crippen LogP contribution in [0.25, 0.3) is 0 Å². The Kier molecular flexibility index (Phi) is 2.12. The molecule has 0 N–H and O–H groups in total. The van der Waals surface area contributed by atoms with Crippen molar-refractivity contribution in [3.05, 3.63) is 17.0 Å². The van der Waals surface area contributed by atoms with Crippen LogP contribution in [-0.4, -0.2) is 23.0 Å². The molecule has 1 aliphatic heterocycles. The molecular weight excluding hydrogens is 164 g/mol. The predicted octanol–water partition coefficient (Wildman–Crippen LogP) is 1.77. The van der Waals surface area contributed by atoms with Crippen LogP contribution < -0.4 is 0 Å². The first-order valence-corrected chi connectivity index (χ1v) is 4.80. The van der Waals surface area contributed by atoms with Gasteiger partial charge in [-0.1, -0.05) is 0 Å². The number of hydrogen-bond acceptors (Lipinski definition) is 2. The van der Waals surface area contributed by atoms with Crippen LogP contribution in [0.3, 0.4) is 0 Å². The molecule has 13 heavy (non-hydrogen) atoms. The molecule has 0 saturated carbocycles. The highest BCUT2D eigenvalue weighted by atomic mass is 16.5. The zero-order valence-electron chi connectivity index (χ0n) is 8.50. The number of aromatic nitrogens is 2. The van der Waals surface area contributed by atoms with E-state index in [1.807, 2.05) is 0 Å². The van der Waals surface area contributed by atoms with Crippen LogP contribution in [0.2, 0.25) is 0 Å². The summed E-state index contributed by atoms with van der Waals surface area (Å²) in [7, 11) is 0. The molecule has 72 valence electrons. The first-order chi connectivity index (χ1) is 6.20. The first-order valence-electron chi connectivity index (χ1n) is 4.80. The molecule has 0 spiro atoms. The van der Waals surface area contributed by atoms with E-state index in [9.17, 15) is 0 Å². The Labute approximate surface area is 78.7 Å². The molecular formula is C10H16N2O. The van der Waals surface area contributed by atoms with E-state index < -0.39 is 0 Å². The van der Waals surface area contributed by atoms with Gasteiger partial charge in [-0.25, -0.2) is 0 Å². The van der Waals surface area contributed by atoms with Crippen molar-refractivity contribution in [1.82, 2.24) is 9.78 Å². The summed E-state index contributed by atoms with van der Waals surface area (Å²) in [4.78, 5) is 0. The second kappa shape index (κ2) is 3.14. The maximum Gasteiger partial charge on any atom is 0.0777 e. The summed E-state index contributed by atoms with van der Waals surface area (Å²) in [5.74, 6) is 0. The lowest BCUT2D eigenvalue weighted by Gasteiger charge is -2.10. The highest BCUT2D eigenvalue weighted by Crippen LogP contribution is 2.22. The molecule has 3 nitrogen and oxygen atoms in total. The second-order valence-electron chi connectivity index (χ2n) is 3.76. The topological polar surface area (TPSA) is 27.1 Å². The van der Waals surface area contributed by atoms with Crippen molar-refractivity contribution in [2.75, 3.05) is 13.2 Å². The minimum atomic E-state index is 0.465. The minimum absolute atomic E-state index is 0.465. The standard InChI is InChI=1S/C10H16N2O/c1-7-8(2)11-12(9(7)3)10-4-5-13-6-10/h10H,4-6H2,1-3H3. The van der Waals surface area contributed by atoms with Crippen molar-refractivity contribution in [1.29, 1.82) is 0 Å². The fourth-order valence-electron chi connectivity index (χ4n) is 1.82.